The van der Waals surface area contributed by atoms with Crippen LogP contribution >= 0.6 is 34.5 Å². The molecule has 1 aliphatic rings. The van der Waals surface area contributed by atoms with Crippen LogP contribution in [0.4, 0.5) is 5.69 Å². The molecular formula is C23H23Cl2N3O4S. The number of benzene rings is 1. The van der Waals surface area contributed by atoms with Crippen LogP contribution in [0.5, 0.6) is 0 Å². The molecule has 0 saturated heterocycles. The molecule has 0 spiro atoms. The van der Waals surface area contributed by atoms with Gasteiger partial charge < -0.3 is 10.1 Å². The normalized spacial score (nSPS) is 15.4. The molecule has 0 aliphatic heterocycles. The summed E-state index contributed by atoms with van der Waals surface area (Å²) in [7, 11) is 0. The second kappa shape index (κ2) is 9.83. The van der Waals surface area contributed by atoms with E-state index in [1.807, 2.05) is 0 Å². The van der Waals surface area contributed by atoms with Gasteiger partial charge in [0.2, 0.25) is 5.91 Å². The van der Waals surface area contributed by atoms with Crippen LogP contribution in [0, 0.1) is 6.92 Å². The summed E-state index contributed by atoms with van der Waals surface area (Å²) in [6, 6.07) is 3.85. The summed E-state index contributed by atoms with van der Waals surface area (Å²) in [5.74, 6) is -0.873. The van der Waals surface area contributed by atoms with Crippen LogP contribution in [0.3, 0.4) is 0 Å². The van der Waals surface area contributed by atoms with Crippen molar-refractivity contribution in [2.24, 2.45) is 0 Å². The van der Waals surface area contributed by atoms with Gasteiger partial charge in [0.05, 0.1) is 22.4 Å². The van der Waals surface area contributed by atoms with Crippen LogP contribution in [0.2, 0.25) is 10.0 Å². The Morgan fingerprint density at radius 2 is 1.97 bits per heavy atom. The smallest absolute Gasteiger partial charge is 0.348 e. The average Bonchev–Trinajstić information content (AvgIpc) is 3.14. The third-order valence-electron chi connectivity index (χ3n) is 5.87. The Bertz CT molecular complexity index is 1280. The van der Waals surface area contributed by atoms with Crippen LogP contribution in [-0.4, -0.2) is 27.5 Å². The second-order valence-electron chi connectivity index (χ2n) is 8.15. The van der Waals surface area contributed by atoms with Crippen LogP contribution in [0.25, 0.3) is 10.2 Å². The van der Waals surface area contributed by atoms with Crippen LogP contribution in [0.1, 0.15) is 60.3 Å². The van der Waals surface area contributed by atoms with E-state index < -0.39 is 23.5 Å². The van der Waals surface area contributed by atoms with Crippen LogP contribution in [0.15, 0.2) is 29.3 Å². The molecule has 7 nitrogen and oxygen atoms in total. The number of rotatable bonds is 5. The van der Waals surface area contributed by atoms with E-state index in [1.54, 1.807) is 26.0 Å². The zero-order chi connectivity index (χ0) is 23.7. The number of fused-ring (bicyclic) bond motifs is 1. The molecule has 1 aromatic carbocycles. The number of nitrogens with one attached hydrogen (secondary N) is 1. The van der Waals surface area contributed by atoms with Gasteiger partial charge in [-0.2, -0.15) is 0 Å². The molecule has 0 radical (unpaired) electrons. The summed E-state index contributed by atoms with van der Waals surface area (Å²) in [6.45, 7) is 3.29. The number of carbonyl (C=O) groups excluding carboxylic acids is 2. The summed E-state index contributed by atoms with van der Waals surface area (Å²) in [4.78, 5) is 44.0. The first kappa shape index (κ1) is 23.7. The lowest BCUT2D eigenvalue weighted by atomic mass is 9.98. The van der Waals surface area contributed by atoms with E-state index in [1.165, 1.54) is 17.0 Å². The van der Waals surface area contributed by atoms with E-state index in [0.717, 1.165) is 43.4 Å². The van der Waals surface area contributed by atoms with Gasteiger partial charge in [0, 0.05) is 5.02 Å². The molecule has 2 heterocycles. The molecule has 4 rings (SSSR count). The van der Waals surface area contributed by atoms with Crippen molar-refractivity contribution >= 4 is 62.3 Å². The Labute approximate surface area is 204 Å². The summed E-state index contributed by atoms with van der Waals surface area (Å²) < 4.78 is 6.92. The molecule has 1 fully saturated rings. The van der Waals surface area contributed by atoms with Gasteiger partial charge in [-0.25, -0.2) is 9.78 Å². The molecule has 1 aliphatic carbocycles. The Kier molecular flexibility index (Phi) is 7.07. The highest BCUT2D eigenvalue weighted by Crippen LogP contribution is 2.30. The predicted molar refractivity (Wildman–Crippen MR) is 131 cm³/mol. The fraction of sp³-hybridized carbons (Fsp3) is 0.391. The van der Waals surface area contributed by atoms with E-state index in [9.17, 15) is 14.4 Å². The van der Waals surface area contributed by atoms with Crippen LogP contribution in [-0.2, 0) is 9.53 Å². The number of amides is 1. The number of esters is 1. The number of aryl methyl sites for hydroxylation is 1. The molecule has 1 N–H and O–H groups in total. The van der Waals surface area contributed by atoms with Gasteiger partial charge >= 0.3 is 5.97 Å². The van der Waals surface area contributed by atoms with Gasteiger partial charge in [-0.15, -0.1) is 11.3 Å². The number of aromatic nitrogens is 2. The van der Waals surface area contributed by atoms with Gasteiger partial charge in [-0.05, 0) is 63.3 Å². The van der Waals surface area contributed by atoms with Gasteiger partial charge in [0.25, 0.3) is 5.56 Å². The minimum absolute atomic E-state index is 0.0810. The SMILES string of the molecule is Cc1c(C(=O)OC2CCCCC2)sc2ncn(C(C)C(=O)Nc3cc(Cl)ccc3Cl)c(=O)c12. The summed E-state index contributed by atoms with van der Waals surface area (Å²) in [5.41, 5.74) is 0.473. The predicted octanol–water partition coefficient (Wildman–Crippen LogP) is 5.76. The molecule has 1 saturated carbocycles. The van der Waals surface area contributed by atoms with Gasteiger partial charge in [-0.3, -0.25) is 14.2 Å². The molecule has 174 valence electrons. The van der Waals surface area contributed by atoms with Gasteiger partial charge in [-0.1, -0.05) is 29.6 Å². The molecular weight excluding hydrogens is 485 g/mol. The summed E-state index contributed by atoms with van der Waals surface area (Å²) in [6.07, 6.45) is 6.23. The Morgan fingerprint density at radius 3 is 2.70 bits per heavy atom. The van der Waals surface area contributed by atoms with Crippen molar-refractivity contribution in [2.45, 2.75) is 58.1 Å². The Morgan fingerprint density at radius 1 is 1.24 bits per heavy atom. The largest absolute Gasteiger partial charge is 0.458 e. The van der Waals surface area contributed by atoms with E-state index in [2.05, 4.69) is 10.3 Å². The highest BCUT2D eigenvalue weighted by Gasteiger charge is 2.26. The number of hydrogen-bond donors (Lipinski definition) is 1. The van der Waals surface area contributed by atoms with Gasteiger partial charge in [0.15, 0.2) is 0 Å². The lowest BCUT2D eigenvalue weighted by molar-refractivity contribution is -0.118. The van der Waals surface area contributed by atoms with Crippen molar-refractivity contribution in [1.82, 2.24) is 9.55 Å². The minimum atomic E-state index is -0.874. The summed E-state index contributed by atoms with van der Waals surface area (Å²) >= 11 is 13.2. The van der Waals surface area contributed by atoms with Gasteiger partial charge in [0.1, 0.15) is 21.9 Å². The fourth-order valence-corrected chi connectivity index (χ4v) is 5.31. The quantitative estimate of drug-likeness (QED) is 0.443. The third kappa shape index (κ3) is 4.93. The van der Waals surface area contributed by atoms with Crippen molar-refractivity contribution in [1.29, 1.82) is 0 Å². The molecule has 2 aromatic heterocycles. The maximum atomic E-state index is 13.2. The lowest BCUT2D eigenvalue weighted by Gasteiger charge is -2.21. The molecule has 1 atom stereocenters. The number of halogens is 2. The van der Waals surface area contributed by atoms with E-state index in [0.29, 0.717) is 36.4 Å². The molecule has 1 unspecified atom stereocenters. The minimum Gasteiger partial charge on any atom is -0.458 e. The van der Waals surface area contributed by atoms with E-state index >= 15 is 0 Å². The van der Waals surface area contributed by atoms with Crippen molar-refractivity contribution in [3.63, 3.8) is 0 Å². The number of thiophene rings is 1. The number of nitrogens with zero attached hydrogens (tertiary/aromatic N) is 2. The number of hydrogen-bond acceptors (Lipinski definition) is 6. The Hall–Kier alpha value is -2.42. The summed E-state index contributed by atoms with van der Waals surface area (Å²) in [5, 5.41) is 3.76. The topological polar surface area (TPSA) is 90.3 Å². The molecule has 3 aromatic rings. The highest BCUT2D eigenvalue weighted by molar-refractivity contribution is 7.20. The zero-order valence-corrected chi connectivity index (χ0v) is 20.5. The number of anilines is 1. The second-order valence-corrected chi connectivity index (χ2v) is 9.99. The first-order valence-electron chi connectivity index (χ1n) is 10.7. The first-order chi connectivity index (χ1) is 15.8. The maximum absolute atomic E-state index is 13.2. The van der Waals surface area contributed by atoms with E-state index in [4.69, 9.17) is 27.9 Å². The lowest BCUT2D eigenvalue weighted by Crippen LogP contribution is -2.31. The molecule has 1 amide bonds. The first-order valence-corrected chi connectivity index (χ1v) is 12.3. The number of carbonyl (C=O) groups is 2. The maximum Gasteiger partial charge on any atom is 0.348 e. The monoisotopic (exact) mass is 507 g/mol. The average molecular weight is 508 g/mol. The third-order valence-corrected chi connectivity index (χ3v) is 7.61. The standard InChI is InChI=1S/C23H23Cl2N3O4S/c1-12-18-21(33-19(12)23(31)32-15-6-4-3-5-7-15)26-11-28(22(18)30)13(2)20(29)27-17-10-14(24)8-9-16(17)25/h8-11,13,15H,3-7H2,1-2H3,(H,27,29). The molecule has 33 heavy (non-hydrogen) atoms. The zero-order valence-electron chi connectivity index (χ0n) is 18.2. The van der Waals surface area contributed by atoms with Crippen molar-refractivity contribution in [3.05, 3.63) is 55.4 Å². The molecule has 0 bridgehead atoms. The van der Waals surface area contributed by atoms with Crippen LogP contribution < -0.4 is 10.9 Å². The van der Waals surface area contributed by atoms with Crippen molar-refractivity contribution in [2.75, 3.05) is 5.32 Å². The Balaban J connectivity index is 1.60. The number of ether oxygens (including phenoxy) is 1. The van der Waals surface area contributed by atoms with Crippen molar-refractivity contribution in [3.8, 4) is 0 Å². The molecule has 10 heteroatoms. The highest BCUT2D eigenvalue weighted by atomic mass is 35.5. The van der Waals surface area contributed by atoms with E-state index in [-0.39, 0.29) is 6.10 Å². The fourth-order valence-electron chi connectivity index (χ4n) is 3.95. The van der Waals surface area contributed by atoms with Crippen molar-refractivity contribution < 1.29 is 14.3 Å².